The van der Waals surface area contributed by atoms with Gasteiger partial charge in [0.15, 0.2) is 0 Å². The molecule has 0 aromatic heterocycles. The number of halogens is 1. The van der Waals surface area contributed by atoms with Crippen molar-refractivity contribution >= 4 is 17.4 Å². The molecular weight excluding hydrogens is 295 g/mol. The Bertz CT molecular complexity index is 626. The second kappa shape index (κ2) is 8.90. The molecule has 110 valence electrons. The van der Waals surface area contributed by atoms with Crippen molar-refractivity contribution in [3.05, 3.63) is 58.6 Å². The fraction of sp³-hybridized carbons (Fsp3) is 0.235. The van der Waals surface area contributed by atoms with Crippen LogP contribution in [0.3, 0.4) is 0 Å². The topological polar surface area (TPSA) is 35.5 Å². The summed E-state index contributed by atoms with van der Waals surface area (Å²) in [6.45, 7) is 1.98. The van der Waals surface area contributed by atoms with E-state index in [1.807, 2.05) is 24.3 Å². The molecule has 0 aliphatic rings. The van der Waals surface area contributed by atoms with Gasteiger partial charge in [-0.25, -0.2) is 0 Å². The fourth-order valence-corrected chi connectivity index (χ4v) is 2.17. The molecule has 0 amide bonds. The zero-order valence-electron chi connectivity index (χ0n) is 13.1. The van der Waals surface area contributed by atoms with Gasteiger partial charge in [-0.3, -0.25) is 4.79 Å². The second-order valence-electron chi connectivity index (χ2n) is 4.77. The molecule has 0 atom stereocenters. The predicted octanol–water partition coefficient (Wildman–Crippen LogP) is 1.06. The first kappa shape index (κ1) is 18.6. The molecule has 0 fully saturated rings. The van der Waals surface area contributed by atoms with Gasteiger partial charge < -0.3 is 9.47 Å². The Morgan fingerprint density at radius 2 is 1.82 bits per heavy atom. The molecule has 22 heavy (non-hydrogen) atoms. The van der Waals surface area contributed by atoms with Crippen molar-refractivity contribution in [2.24, 2.45) is 0 Å². The van der Waals surface area contributed by atoms with Crippen LogP contribution in [0.5, 0.6) is 11.5 Å². The van der Waals surface area contributed by atoms with E-state index >= 15 is 0 Å². The summed E-state index contributed by atoms with van der Waals surface area (Å²) >= 11 is 5.97. The summed E-state index contributed by atoms with van der Waals surface area (Å²) < 4.78 is 10.9. The minimum Gasteiger partial charge on any atom is -0.497 e. The molecule has 0 spiro atoms. The smallest absolute Gasteiger partial charge is 0.497 e. The van der Waals surface area contributed by atoms with E-state index < -0.39 is 0 Å². The maximum atomic E-state index is 11.3. The molecule has 0 heterocycles. The Morgan fingerprint density at radius 1 is 1.14 bits per heavy atom. The van der Waals surface area contributed by atoms with Crippen LogP contribution in [0.1, 0.15) is 18.1 Å². The number of carbonyl (C=O) groups is 1. The number of carbonyl (C=O) groups excluding carboxylic acids is 1. The number of Topliss-reactive ketones (excluding diaryl/α,β-unsaturated/α-hetero) is 1. The molecule has 2 aromatic carbocycles. The number of ether oxygens (including phenoxy) is 2. The van der Waals surface area contributed by atoms with Gasteiger partial charge in [0.05, 0.1) is 7.11 Å². The maximum Gasteiger partial charge on any atom is 1.00 e. The third kappa shape index (κ3) is 5.42. The van der Waals surface area contributed by atoms with Gasteiger partial charge in [-0.15, -0.1) is 0 Å². The average Bonchev–Trinajstić information content (AvgIpc) is 2.46. The summed E-state index contributed by atoms with van der Waals surface area (Å²) in [6, 6.07) is 13.0. The molecule has 0 unspecified atom stereocenters. The van der Waals surface area contributed by atoms with Crippen LogP contribution in [0, 0.1) is 0 Å². The maximum absolute atomic E-state index is 11.3. The van der Waals surface area contributed by atoms with E-state index in [1.54, 1.807) is 32.2 Å². The molecule has 0 radical (unpaired) electrons. The van der Waals surface area contributed by atoms with E-state index in [-0.39, 0.29) is 24.6 Å². The standard InChI is InChI=1S/C17H17ClO3.Li/c1-12(19)9-14-10-15(18)5-8-17(14)21-11-13-3-6-16(20-2)7-4-13;/h3-8,10H,9,11H2,1-2H3;/q;+1. The molecule has 2 rings (SSSR count). The summed E-state index contributed by atoms with van der Waals surface area (Å²) in [7, 11) is 1.63. The van der Waals surface area contributed by atoms with Crippen LogP contribution in [-0.2, 0) is 17.8 Å². The van der Waals surface area contributed by atoms with Crippen molar-refractivity contribution in [2.75, 3.05) is 7.11 Å². The Labute approximate surface area is 147 Å². The van der Waals surface area contributed by atoms with Crippen molar-refractivity contribution in [1.29, 1.82) is 0 Å². The first-order chi connectivity index (χ1) is 10.1. The summed E-state index contributed by atoms with van der Waals surface area (Å²) in [5.74, 6) is 1.57. The van der Waals surface area contributed by atoms with Crippen molar-refractivity contribution in [3.8, 4) is 11.5 Å². The quantitative estimate of drug-likeness (QED) is 0.749. The predicted molar refractivity (Wildman–Crippen MR) is 83.2 cm³/mol. The monoisotopic (exact) mass is 311 g/mol. The van der Waals surface area contributed by atoms with Crippen molar-refractivity contribution in [1.82, 2.24) is 0 Å². The van der Waals surface area contributed by atoms with Gasteiger partial charge in [-0.05, 0) is 42.8 Å². The van der Waals surface area contributed by atoms with Crippen molar-refractivity contribution in [3.63, 3.8) is 0 Å². The van der Waals surface area contributed by atoms with Gasteiger partial charge in [0.2, 0.25) is 0 Å². The summed E-state index contributed by atoms with van der Waals surface area (Å²) in [5.41, 5.74) is 1.84. The fourth-order valence-electron chi connectivity index (χ4n) is 1.98. The van der Waals surface area contributed by atoms with Gasteiger partial charge in [-0.1, -0.05) is 23.7 Å². The van der Waals surface area contributed by atoms with Gasteiger partial charge in [0.1, 0.15) is 23.9 Å². The Kier molecular flexibility index (Phi) is 7.54. The van der Waals surface area contributed by atoms with Gasteiger partial charge in [0, 0.05) is 17.0 Å². The Hall–Kier alpha value is -1.40. The van der Waals surface area contributed by atoms with E-state index in [0.717, 1.165) is 16.9 Å². The summed E-state index contributed by atoms with van der Waals surface area (Å²) in [6.07, 6.45) is 0.318. The van der Waals surface area contributed by atoms with Crippen LogP contribution >= 0.6 is 11.6 Å². The largest absolute Gasteiger partial charge is 1.00 e. The number of benzene rings is 2. The molecule has 0 saturated carbocycles. The Balaban J connectivity index is 0.00000242. The summed E-state index contributed by atoms with van der Waals surface area (Å²) in [4.78, 5) is 11.3. The molecule has 3 nitrogen and oxygen atoms in total. The molecule has 0 aliphatic carbocycles. The van der Waals surface area contributed by atoms with Crippen LogP contribution in [-0.4, -0.2) is 12.9 Å². The van der Waals surface area contributed by atoms with Crippen LogP contribution in [0.15, 0.2) is 42.5 Å². The summed E-state index contributed by atoms with van der Waals surface area (Å²) in [5, 5.41) is 0.600. The molecule has 0 aliphatic heterocycles. The van der Waals surface area contributed by atoms with Crippen molar-refractivity contribution < 1.29 is 33.1 Å². The number of hydrogen-bond donors (Lipinski definition) is 0. The first-order valence-electron chi connectivity index (χ1n) is 6.62. The average molecular weight is 312 g/mol. The van der Waals surface area contributed by atoms with Crippen LogP contribution < -0.4 is 28.3 Å². The van der Waals surface area contributed by atoms with E-state index in [0.29, 0.717) is 23.8 Å². The zero-order chi connectivity index (χ0) is 15.2. The zero-order valence-corrected chi connectivity index (χ0v) is 13.8. The van der Waals surface area contributed by atoms with E-state index in [9.17, 15) is 4.79 Å². The van der Waals surface area contributed by atoms with Crippen LogP contribution in [0.4, 0.5) is 0 Å². The second-order valence-corrected chi connectivity index (χ2v) is 5.20. The molecule has 0 bridgehead atoms. The number of methoxy groups -OCH3 is 1. The molecule has 0 N–H and O–H groups in total. The minimum absolute atomic E-state index is 0. The number of ketones is 1. The number of hydrogen-bond acceptors (Lipinski definition) is 3. The molecule has 5 heteroatoms. The van der Waals surface area contributed by atoms with Gasteiger partial charge in [0.25, 0.3) is 0 Å². The van der Waals surface area contributed by atoms with Crippen molar-refractivity contribution in [2.45, 2.75) is 20.0 Å². The van der Waals surface area contributed by atoms with E-state index in [4.69, 9.17) is 21.1 Å². The van der Waals surface area contributed by atoms with Crippen LogP contribution in [0.25, 0.3) is 0 Å². The molecular formula is C17H17ClLiO3+. The minimum atomic E-state index is 0. The Morgan fingerprint density at radius 3 is 2.41 bits per heavy atom. The van der Waals surface area contributed by atoms with Crippen LogP contribution in [0.2, 0.25) is 5.02 Å². The van der Waals surface area contributed by atoms with E-state index in [1.165, 1.54) is 0 Å². The van der Waals surface area contributed by atoms with Gasteiger partial charge in [-0.2, -0.15) is 0 Å². The first-order valence-corrected chi connectivity index (χ1v) is 7.00. The molecule has 2 aromatic rings. The third-order valence-corrected chi connectivity index (χ3v) is 3.25. The SMILES string of the molecule is COc1ccc(COc2ccc(Cl)cc2CC(C)=O)cc1.[Li+]. The number of rotatable bonds is 6. The normalized spacial score (nSPS) is 9.77. The van der Waals surface area contributed by atoms with Gasteiger partial charge >= 0.3 is 18.9 Å². The molecule has 0 saturated heterocycles. The van der Waals surface area contributed by atoms with E-state index in [2.05, 4.69) is 0 Å². The third-order valence-electron chi connectivity index (χ3n) is 3.02.